The molecule has 1 aliphatic heterocycles. The molecule has 3 rings (SSSR count). The van der Waals surface area contributed by atoms with Gasteiger partial charge in [-0.05, 0) is 24.3 Å². The maximum atomic E-state index is 13.5. The van der Waals surface area contributed by atoms with Crippen molar-refractivity contribution in [3.05, 3.63) is 59.4 Å². The predicted molar refractivity (Wildman–Crippen MR) is 82.9 cm³/mol. The summed E-state index contributed by atoms with van der Waals surface area (Å²) in [5.41, 5.74) is 1.33. The van der Waals surface area contributed by atoms with Gasteiger partial charge in [0.2, 0.25) is 0 Å². The molecule has 2 aromatic carbocycles. The largest absolute Gasteiger partial charge is 0.482 e. The van der Waals surface area contributed by atoms with E-state index in [-0.39, 0.29) is 30.8 Å². The minimum atomic E-state index is -0.364. The topological polar surface area (TPSA) is 58.6 Å². The number of nitrogens with zero attached hydrogens (tertiary/aromatic N) is 1. The van der Waals surface area contributed by atoms with Gasteiger partial charge < -0.3 is 15.0 Å². The fourth-order valence-electron chi connectivity index (χ4n) is 2.33. The number of likely N-dealkylation sites (N-methyl/N-ethyl adjacent to an activating group) is 1. The molecule has 0 saturated carbocycles. The Morgan fingerprint density at radius 1 is 1.30 bits per heavy atom. The number of carbonyl (C=O) groups is 2. The lowest BCUT2D eigenvalue weighted by atomic mass is 10.1. The highest BCUT2D eigenvalue weighted by molar-refractivity contribution is 6.00. The second-order valence-corrected chi connectivity index (χ2v) is 5.20. The molecular formula is C17H15FN2O3. The first-order valence-electron chi connectivity index (χ1n) is 7.11. The van der Waals surface area contributed by atoms with Crippen LogP contribution in [0.4, 0.5) is 10.1 Å². The summed E-state index contributed by atoms with van der Waals surface area (Å²) < 4.78 is 18.9. The van der Waals surface area contributed by atoms with Crippen LogP contribution >= 0.6 is 0 Å². The van der Waals surface area contributed by atoms with Gasteiger partial charge >= 0.3 is 0 Å². The van der Waals surface area contributed by atoms with E-state index < -0.39 is 0 Å². The monoisotopic (exact) mass is 314 g/mol. The number of anilines is 1. The minimum absolute atomic E-state index is 0.0116. The smallest absolute Gasteiger partial charge is 0.264 e. The first kappa shape index (κ1) is 15.0. The van der Waals surface area contributed by atoms with Gasteiger partial charge in [-0.2, -0.15) is 0 Å². The Labute approximate surface area is 132 Å². The maximum absolute atomic E-state index is 13.5. The van der Waals surface area contributed by atoms with E-state index in [1.54, 1.807) is 43.4 Å². The molecule has 6 heteroatoms. The Morgan fingerprint density at radius 3 is 2.87 bits per heavy atom. The Balaban J connectivity index is 1.76. The lowest BCUT2D eigenvalue weighted by Crippen LogP contribution is -2.35. The number of nitrogens with one attached hydrogen (secondary N) is 1. The summed E-state index contributed by atoms with van der Waals surface area (Å²) in [6, 6.07) is 11.1. The van der Waals surface area contributed by atoms with Crippen LogP contribution in [0.3, 0.4) is 0 Å². The van der Waals surface area contributed by atoms with Gasteiger partial charge in [0.1, 0.15) is 11.6 Å². The number of fused-ring (bicyclic) bond motifs is 1. The SMILES string of the molecule is CN1C(=O)COc2ccc(C(=O)NCc3ccccc3F)cc21. The molecule has 1 aliphatic rings. The van der Waals surface area contributed by atoms with Gasteiger partial charge in [-0.1, -0.05) is 18.2 Å². The van der Waals surface area contributed by atoms with E-state index in [2.05, 4.69) is 5.32 Å². The van der Waals surface area contributed by atoms with Gasteiger partial charge in [0.05, 0.1) is 5.69 Å². The average molecular weight is 314 g/mol. The summed E-state index contributed by atoms with van der Waals surface area (Å²) in [6.07, 6.45) is 0. The summed E-state index contributed by atoms with van der Waals surface area (Å²) in [5, 5.41) is 2.67. The molecular weight excluding hydrogens is 299 g/mol. The Bertz CT molecular complexity index is 776. The van der Waals surface area contributed by atoms with Crippen LogP contribution in [0.5, 0.6) is 5.75 Å². The fraction of sp³-hybridized carbons (Fsp3) is 0.176. The van der Waals surface area contributed by atoms with E-state index >= 15 is 0 Å². The number of hydrogen-bond acceptors (Lipinski definition) is 3. The number of benzene rings is 2. The average Bonchev–Trinajstić information content (AvgIpc) is 2.57. The third-order valence-corrected chi connectivity index (χ3v) is 3.70. The Hall–Kier alpha value is -2.89. The first-order valence-corrected chi connectivity index (χ1v) is 7.11. The Morgan fingerprint density at radius 2 is 2.09 bits per heavy atom. The second kappa shape index (κ2) is 6.08. The molecule has 0 fully saturated rings. The molecule has 0 saturated heterocycles. The predicted octanol–water partition coefficient (Wildman–Crippen LogP) is 2.11. The molecule has 1 N–H and O–H groups in total. The van der Waals surface area contributed by atoms with Gasteiger partial charge in [0.15, 0.2) is 6.61 Å². The van der Waals surface area contributed by atoms with Crippen LogP contribution in [0, 0.1) is 5.82 Å². The normalized spacial score (nSPS) is 13.3. The zero-order valence-corrected chi connectivity index (χ0v) is 12.5. The molecule has 118 valence electrons. The molecule has 0 spiro atoms. The highest BCUT2D eigenvalue weighted by Gasteiger charge is 2.23. The highest BCUT2D eigenvalue weighted by atomic mass is 19.1. The van der Waals surface area contributed by atoms with Crippen molar-refractivity contribution in [1.29, 1.82) is 0 Å². The van der Waals surface area contributed by atoms with Crippen LogP contribution in [-0.4, -0.2) is 25.5 Å². The number of carbonyl (C=O) groups excluding carboxylic acids is 2. The first-order chi connectivity index (χ1) is 11.1. The Kier molecular flexibility index (Phi) is 3.97. The number of rotatable bonds is 3. The van der Waals surface area contributed by atoms with Crippen molar-refractivity contribution in [2.75, 3.05) is 18.6 Å². The quantitative estimate of drug-likeness (QED) is 0.944. The van der Waals surface area contributed by atoms with Crippen molar-refractivity contribution in [3.8, 4) is 5.75 Å². The van der Waals surface area contributed by atoms with Crippen molar-refractivity contribution < 1.29 is 18.7 Å². The number of amides is 2. The van der Waals surface area contributed by atoms with E-state index in [1.165, 1.54) is 11.0 Å². The number of ether oxygens (including phenoxy) is 1. The summed E-state index contributed by atoms with van der Waals surface area (Å²) in [5.74, 6) is -0.335. The van der Waals surface area contributed by atoms with Gasteiger partial charge in [-0.3, -0.25) is 9.59 Å². The third kappa shape index (κ3) is 3.01. The van der Waals surface area contributed by atoms with Crippen molar-refractivity contribution in [3.63, 3.8) is 0 Å². The van der Waals surface area contributed by atoms with E-state index in [0.29, 0.717) is 22.6 Å². The fourth-order valence-corrected chi connectivity index (χ4v) is 2.33. The van der Waals surface area contributed by atoms with Gasteiger partial charge in [-0.15, -0.1) is 0 Å². The van der Waals surface area contributed by atoms with E-state index in [0.717, 1.165) is 0 Å². The standard InChI is InChI=1S/C17H15FN2O3/c1-20-14-8-11(6-7-15(14)23-10-16(20)21)17(22)19-9-12-4-2-3-5-13(12)18/h2-8H,9-10H2,1H3,(H,19,22). The number of halogens is 1. The molecule has 2 amide bonds. The maximum Gasteiger partial charge on any atom is 0.264 e. The van der Waals surface area contributed by atoms with Crippen LogP contribution in [-0.2, 0) is 11.3 Å². The van der Waals surface area contributed by atoms with Crippen molar-refractivity contribution in [2.45, 2.75) is 6.54 Å². The molecule has 0 radical (unpaired) electrons. The van der Waals surface area contributed by atoms with E-state index in [9.17, 15) is 14.0 Å². The summed E-state index contributed by atoms with van der Waals surface area (Å²) in [7, 11) is 1.63. The van der Waals surface area contributed by atoms with Crippen LogP contribution in [0.15, 0.2) is 42.5 Å². The van der Waals surface area contributed by atoms with Crippen molar-refractivity contribution in [1.82, 2.24) is 5.32 Å². The van der Waals surface area contributed by atoms with Crippen LogP contribution in [0.2, 0.25) is 0 Å². The molecule has 0 aromatic heterocycles. The molecule has 0 atom stereocenters. The van der Waals surface area contributed by atoms with Crippen LogP contribution < -0.4 is 15.0 Å². The van der Waals surface area contributed by atoms with Gasteiger partial charge in [0, 0.05) is 24.7 Å². The lowest BCUT2D eigenvalue weighted by Gasteiger charge is -2.26. The molecule has 1 heterocycles. The second-order valence-electron chi connectivity index (χ2n) is 5.20. The summed E-state index contributed by atoms with van der Waals surface area (Å²) in [6.45, 7) is 0.0796. The molecule has 2 aromatic rings. The molecule has 0 aliphatic carbocycles. The molecule has 5 nitrogen and oxygen atoms in total. The van der Waals surface area contributed by atoms with E-state index in [1.807, 2.05) is 0 Å². The zero-order valence-electron chi connectivity index (χ0n) is 12.5. The highest BCUT2D eigenvalue weighted by Crippen LogP contribution is 2.31. The molecule has 23 heavy (non-hydrogen) atoms. The van der Waals surface area contributed by atoms with Crippen molar-refractivity contribution >= 4 is 17.5 Å². The van der Waals surface area contributed by atoms with Crippen molar-refractivity contribution in [2.24, 2.45) is 0 Å². The van der Waals surface area contributed by atoms with Gasteiger partial charge in [0.25, 0.3) is 11.8 Å². The third-order valence-electron chi connectivity index (χ3n) is 3.70. The van der Waals surface area contributed by atoms with Gasteiger partial charge in [-0.25, -0.2) is 4.39 Å². The van der Waals surface area contributed by atoms with Crippen LogP contribution in [0.25, 0.3) is 0 Å². The molecule has 0 bridgehead atoms. The minimum Gasteiger partial charge on any atom is -0.482 e. The summed E-state index contributed by atoms with van der Waals surface area (Å²) in [4.78, 5) is 25.3. The zero-order chi connectivity index (χ0) is 16.4. The number of hydrogen-bond donors (Lipinski definition) is 1. The van der Waals surface area contributed by atoms with Crippen LogP contribution in [0.1, 0.15) is 15.9 Å². The van der Waals surface area contributed by atoms with E-state index in [4.69, 9.17) is 4.74 Å². The lowest BCUT2D eigenvalue weighted by molar-refractivity contribution is -0.120. The summed E-state index contributed by atoms with van der Waals surface area (Å²) >= 11 is 0. The molecule has 0 unspecified atom stereocenters.